The number of nitrogens with zero attached hydrogens (tertiary/aromatic N) is 2. The Hall–Kier alpha value is -2.79. The van der Waals surface area contributed by atoms with Gasteiger partial charge >= 0.3 is 12.1 Å². The third kappa shape index (κ3) is 7.36. The number of pyridine rings is 1. The quantitative estimate of drug-likeness (QED) is 0.505. The van der Waals surface area contributed by atoms with Crippen LogP contribution in [0.5, 0.6) is 11.5 Å². The second kappa shape index (κ2) is 12.4. The number of aliphatic carboxylic acids is 1. The highest BCUT2D eigenvalue weighted by molar-refractivity contribution is 5.89. The molecule has 0 saturated carbocycles. The van der Waals surface area contributed by atoms with Gasteiger partial charge in [0.05, 0.1) is 32.4 Å². The van der Waals surface area contributed by atoms with E-state index in [1.54, 1.807) is 7.11 Å². The standard InChI is InChI=1S/C23H33N3O3.C2HF3O2/c1-16(2)24-23-18-7-4-6-17(18)19-14-21(27-3)22(15-20(19)25-23)29-11-5-8-26-9-12-28-13-10-26;3-2(4,5)1(6)7/h14-16H,4-13H2,1-3H3,(H,24,25);(H,6,7). The summed E-state index contributed by atoms with van der Waals surface area (Å²) in [6, 6.07) is 4.52. The molecule has 0 radical (unpaired) electrons. The van der Waals surface area contributed by atoms with Gasteiger partial charge < -0.3 is 24.6 Å². The van der Waals surface area contributed by atoms with E-state index in [2.05, 4.69) is 30.1 Å². The first-order chi connectivity index (χ1) is 17.1. The van der Waals surface area contributed by atoms with Crippen LogP contribution in [0.2, 0.25) is 0 Å². The molecule has 1 saturated heterocycles. The number of morpholine rings is 1. The zero-order chi connectivity index (χ0) is 26.3. The smallest absolute Gasteiger partial charge is 0.490 e. The van der Waals surface area contributed by atoms with Gasteiger partial charge in [-0.15, -0.1) is 0 Å². The third-order valence-electron chi connectivity index (χ3n) is 5.99. The molecule has 1 fully saturated rings. The number of aryl methyl sites for hydroxylation is 1. The fraction of sp³-hybridized carbons (Fsp3) is 0.600. The largest absolute Gasteiger partial charge is 0.493 e. The van der Waals surface area contributed by atoms with E-state index in [9.17, 15) is 13.2 Å². The molecule has 2 aromatic rings. The van der Waals surface area contributed by atoms with Gasteiger partial charge in [-0.2, -0.15) is 13.2 Å². The maximum Gasteiger partial charge on any atom is 0.490 e. The SMILES string of the molecule is COc1cc2c3c(c(NC(C)C)nc2cc1OCCCN1CCOCC1)CCC3.O=C(O)C(F)(F)F. The molecule has 0 amide bonds. The number of carbonyl (C=O) groups is 1. The molecule has 2 heterocycles. The lowest BCUT2D eigenvalue weighted by atomic mass is 10.0. The number of fused-ring (bicyclic) bond motifs is 3. The van der Waals surface area contributed by atoms with E-state index in [1.165, 1.54) is 22.9 Å². The lowest BCUT2D eigenvalue weighted by molar-refractivity contribution is -0.192. The highest BCUT2D eigenvalue weighted by atomic mass is 19.4. The number of anilines is 1. The molecule has 4 rings (SSSR count). The van der Waals surface area contributed by atoms with Gasteiger partial charge in [-0.25, -0.2) is 9.78 Å². The molecule has 1 aliphatic heterocycles. The number of hydrogen-bond donors (Lipinski definition) is 2. The number of nitrogens with one attached hydrogen (secondary N) is 1. The van der Waals surface area contributed by atoms with Gasteiger partial charge in [0.15, 0.2) is 11.5 Å². The molecular formula is C25H34F3N3O5. The van der Waals surface area contributed by atoms with Crippen LogP contribution >= 0.6 is 0 Å². The maximum atomic E-state index is 10.6. The summed E-state index contributed by atoms with van der Waals surface area (Å²) in [6.45, 7) is 9.72. The number of rotatable bonds is 8. The predicted molar refractivity (Wildman–Crippen MR) is 130 cm³/mol. The van der Waals surface area contributed by atoms with E-state index < -0.39 is 12.1 Å². The summed E-state index contributed by atoms with van der Waals surface area (Å²) in [4.78, 5) is 16.3. The number of carboxylic acids is 1. The summed E-state index contributed by atoms with van der Waals surface area (Å²) in [5, 5.41) is 11.9. The van der Waals surface area contributed by atoms with Crippen molar-refractivity contribution in [2.45, 2.75) is 51.7 Å². The molecule has 8 nitrogen and oxygen atoms in total. The van der Waals surface area contributed by atoms with Gasteiger partial charge in [-0.3, -0.25) is 4.90 Å². The zero-order valence-corrected chi connectivity index (χ0v) is 20.9. The van der Waals surface area contributed by atoms with E-state index in [0.717, 1.165) is 74.9 Å². The van der Waals surface area contributed by atoms with Crippen molar-refractivity contribution >= 4 is 22.7 Å². The minimum atomic E-state index is -5.08. The molecule has 1 aromatic heterocycles. The number of halogens is 3. The molecule has 200 valence electrons. The normalized spacial score (nSPS) is 15.9. The van der Waals surface area contributed by atoms with Gasteiger partial charge in [-0.1, -0.05) is 0 Å². The van der Waals surface area contributed by atoms with Crippen LogP contribution in [0.4, 0.5) is 19.0 Å². The average molecular weight is 514 g/mol. The number of aromatic nitrogens is 1. The van der Waals surface area contributed by atoms with Crippen molar-refractivity contribution in [1.29, 1.82) is 0 Å². The molecule has 2 N–H and O–H groups in total. The summed E-state index contributed by atoms with van der Waals surface area (Å²) >= 11 is 0. The minimum absolute atomic E-state index is 0.360. The number of ether oxygens (including phenoxy) is 3. The molecule has 0 atom stereocenters. The van der Waals surface area contributed by atoms with E-state index in [-0.39, 0.29) is 0 Å². The number of alkyl halides is 3. The van der Waals surface area contributed by atoms with Crippen molar-refractivity contribution in [1.82, 2.24) is 9.88 Å². The molecule has 11 heteroatoms. The van der Waals surface area contributed by atoms with Crippen molar-refractivity contribution in [3.05, 3.63) is 23.3 Å². The van der Waals surface area contributed by atoms with E-state index in [1.807, 2.05) is 6.07 Å². The Bertz CT molecular complexity index is 1040. The Balaban J connectivity index is 0.000000454. The lowest BCUT2D eigenvalue weighted by Gasteiger charge is -2.26. The minimum Gasteiger partial charge on any atom is -0.493 e. The number of benzene rings is 1. The third-order valence-corrected chi connectivity index (χ3v) is 5.99. The second-order valence-electron chi connectivity index (χ2n) is 9.05. The van der Waals surface area contributed by atoms with Crippen LogP contribution in [-0.4, -0.2) is 79.7 Å². The maximum absolute atomic E-state index is 10.6. The second-order valence-corrected chi connectivity index (χ2v) is 9.05. The molecule has 1 aliphatic carbocycles. The van der Waals surface area contributed by atoms with Crippen molar-refractivity contribution < 1.29 is 37.3 Å². The van der Waals surface area contributed by atoms with Gasteiger partial charge in [0.2, 0.25) is 0 Å². The molecule has 1 aromatic carbocycles. The lowest BCUT2D eigenvalue weighted by Crippen LogP contribution is -2.37. The Kier molecular flexibility index (Phi) is 9.61. The van der Waals surface area contributed by atoms with Crippen LogP contribution in [-0.2, 0) is 22.4 Å². The predicted octanol–water partition coefficient (Wildman–Crippen LogP) is 4.29. The summed E-state index contributed by atoms with van der Waals surface area (Å²) in [5.74, 6) is -0.150. The average Bonchev–Trinajstić information content (AvgIpc) is 3.32. The van der Waals surface area contributed by atoms with Gasteiger partial charge in [0, 0.05) is 37.1 Å². The van der Waals surface area contributed by atoms with Crippen LogP contribution in [0, 0.1) is 0 Å². The summed E-state index contributed by atoms with van der Waals surface area (Å²) in [7, 11) is 1.71. The first-order valence-electron chi connectivity index (χ1n) is 12.1. The Labute approximate surface area is 208 Å². The zero-order valence-electron chi connectivity index (χ0n) is 20.9. The first kappa shape index (κ1) is 27.8. The van der Waals surface area contributed by atoms with E-state index in [0.29, 0.717) is 12.6 Å². The number of methoxy groups -OCH3 is 1. The summed E-state index contributed by atoms with van der Waals surface area (Å²) in [5.41, 5.74) is 3.76. The number of carboxylic acid groups (broad SMARTS) is 1. The van der Waals surface area contributed by atoms with Crippen LogP contribution in [0.1, 0.15) is 37.8 Å². The molecule has 0 unspecified atom stereocenters. The van der Waals surface area contributed by atoms with Crippen molar-refractivity contribution in [3.8, 4) is 11.5 Å². The highest BCUT2D eigenvalue weighted by Crippen LogP contribution is 2.39. The summed E-state index contributed by atoms with van der Waals surface area (Å²) in [6.07, 6.45) is -0.719. The van der Waals surface area contributed by atoms with Gasteiger partial charge in [0.25, 0.3) is 0 Å². The number of hydrogen-bond acceptors (Lipinski definition) is 7. The first-order valence-corrected chi connectivity index (χ1v) is 12.1. The fourth-order valence-corrected chi connectivity index (χ4v) is 4.33. The van der Waals surface area contributed by atoms with Crippen molar-refractivity contribution in [2.24, 2.45) is 0 Å². The van der Waals surface area contributed by atoms with Gasteiger partial charge in [-0.05, 0) is 56.7 Å². The van der Waals surface area contributed by atoms with Crippen LogP contribution in [0.25, 0.3) is 10.9 Å². The van der Waals surface area contributed by atoms with Crippen LogP contribution in [0.15, 0.2) is 12.1 Å². The van der Waals surface area contributed by atoms with Crippen molar-refractivity contribution in [2.75, 3.05) is 51.9 Å². The Morgan fingerprint density at radius 3 is 2.47 bits per heavy atom. The van der Waals surface area contributed by atoms with Crippen molar-refractivity contribution in [3.63, 3.8) is 0 Å². The fourth-order valence-electron chi connectivity index (χ4n) is 4.33. The topological polar surface area (TPSA) is 93.1 Å². The molecule has 36 heavy (non-hydrogen) atoms. The monoisotopic (exact) mass is 513 g/mol. The molecule has 0 spiro atoms. The summed E-state index contributed by atoms with van der Waals surface area (Å²) < 4.78 is 48.9. The highest BCUT2D eigenvalue weighted by Gasteiger charge is 2.38. The molecule has 2 aliphatic rings. The van der Waals surface area contributed by atoms with E-state index >= 15 is 0 Å². The Morgan fingerprint density at radius 1 is 1.19 bits per heavy atom. The molecule has 0 bridgehead atoms. The van der Waals surface area contributed by atoms with Crippen LogP contribution < -0.4 is 14.8 Å². The van der Waals surface area contributed by atoms with E-state index in [4.69, 9.17) is 29.1 Å². The Morgan fingerprint density at radius 2 is 1.86 bits per heavy atom. The van der Waals surface area contributed by atoms with Gasteiger partial charge in [0.1, 0.15) is 5.82 Å². The molecular weight excluding hydrogens is 479 g/mol. The van der Waals surface area contributed by atoms with Crippen LogP contribution in [0.3, 0.4) is 0 Å².